The van der Waals surface area contributed by atoms with E-state index in [0.29, 0.717) is 12.1 Å². The second-order valence-corrected chi connectivity index (χ2v) is 5.40. The van der Waals surface area contributed by atoms with Gasteiger partial charge in [0, 0.05) is 24.2 Å². The highest BCUT2D eigenvalue weighted by atomic mass is 16.5. The van der Waals surface area contributed by atoms with Crippen LogP contribution in [0.25, 0.3) is 0 Å². The number of hydrogen-bond acceptors (Lipinski definition) is 4. The molecule has 0 aliphatic heterocycles. The predicted octanol–water partition coefficient (Wildman–Crippen LogP) is 2.55. The number of carbonyl (C=O) groups is 1. The van der Waals surface area contributed by atoms with Crippen LogP contribution in [0.3, 0.4) is 0 Å². The highest BCUT2D eigenvalue weighted by Crippen LogP contribution is 2.13. The van der Waals surface area contributed by atoms with Crippen molar-refractivity contribution in [2.45, 2.75) is 6.54 Å². The average Bonchev–Trinajstić information content (AvgIpc) is 2.66. The topological polar surface area (TPSA) is 73.2 Å². The minimum atomic E-state index is -0.348. The lowest BCUT2D eigenvalue weighted by molar-refractivity contribution is 0.102. The number of amides is 1. The zero-order chi connectivity index (χ0) is 17.6. The molecule has 0 saturated heterocycles. The quantitative estimate of drug-likeness (QED) is 0.778. The summed E-state index contributed by atoms with van der Waals surface area (Å²) < 4.78 is 6.74. The number of rotatable bonds is 5. The second-order valence-electron chi connectivity index (χ2n) is 5.40. The first-order valence-electron chi connectivity index (χ1n) is 7.71. The first-order valence-corrected chi connectivity index (χ1v) is 7.71. The predicted molar refractivity (Wildman–Crippen MR) is 95.0 cm³/mol. The van der Waals surface area contributed by atoms with Gasteiger partial charge in [-0.25, -0.2) is 0 Å². The molecule has 126 valence electrons. The summed E-state index contributed by atoms with van der Waals surface area (Å²) in [6.07, 6.45) is 4.74. The number of anilines is 1. The molecule has 0 atom stereocenters. The van der Waals surface area contributed by atoms with Crippen LogP contribution in [0.5, 0.6) is 5.75 Å². The molecule has 0 bridgehead atoms. The summed E-state index contributed by atoms with van der Waals surface area (Å²) in [7, 11) is 1.60. The van der Waals surface area contributed by atoms with Crippen LogP contribution in [0.2, 0.25) is 0 Å². The van der Waals surface area contributed by atoms with E-state index in [9.17, 15) is 9.59 Å². The van der Waals surface area contributed by atoms with E-state index in [1.807, 2.05) is 24.3 Å². The number of ether oxygens (including phenoxy) is 1. The van der Waals surface area contributed by atoms with Crippen molar-refractivity contribution in [2.24, 2.45) is 0 Å². The third-order valence-corrected chi connectivity index (χ3v) is 3.70. The SMILES string of the molecule is COc1cccc(Cn2cccc(NC(=O)c3ccncc3)c2=O)c1. The zero-order valence-corrected chi connectivity index (χ0v) is 13.7. The van der Waals surface area contributed by atoms with Crippen LogP contribution in [0, 0.1) is 0 Å². The van der Waals surface area contributed by atoms with Crippen LogP contribution in [0.4, 0.5) is 5.69 Å². The lowest BCUT2D eigenvalue weighted by Crippen LogP contribution is -2.25. The Morgan fingerprint density at radius 1 is 1.16 bits per heavy atom. The maximum Gasteiger partial charge on any atom is 0.274 e. The Bertz CT molecular complexity index is 936. The maximum atomic E-state index is 12.6. The van der Waals surface area contributed by atoms with Gasteiger partial charge in [0.2, 0.25) is 0 Å². The minimum Gasteiger partial charge on any atom is -0.497 e. The number of benzene rings is 1. The fourth-order valence-corrected chi connectivity index (χ4v) is 2.42. The second kappa shape index (κ2) is 7.44. The van der Waals surface area contributed by atoms with Gasteiger partial charge in [-0.1, -0.05) is 12.1 Å². The van der Waals surface area contributed by atoms with E-state index in [1.54, 1.807) is 37.6 Å². The number of methoxy groups -OCH3 is 1. The smallest absolute Gasteiger partial charge is 0.274 e. The number of nitrogens with zero attached hydrogens (tertiary/aromatic N) is 2. The van der Waals surface area contributed by atoms with Gasteiger partial charge in [-0.2, -0.15) is 0 Å². The Balaban J connectivity index is 1.82. The van der Waals surface area contributed by atoms with E-state index >= 15 is 0 Å². The van der Waals surface area contributed by atoms with E-state index in [-0.39, 0.29) is 17.2 Å². The Labute approximate surface area is 144 Å². The first kappa shape index (κ1) is 16.4. The van der Waals surface area contributed by atoms with E-state index in [0.717, 1.165) is 11.3 Å². The van der Waals surface area contributed by atoms with Gasteiger partial charge < -0.3 is 14.6 Å². The number of aromatic nitrogens is 2. The molecule has 0 radical (unpaired) electrons. The number of pyridine rings is 2. The van der Waals surface area contributed by atoms with Gasteiger partial charge >= 0.3 is 0 Å². The molecule has 0 unspecified atom stereocenters. The molecule has 2 heterocycles. The Morgan fingerprint density at radius 3 is 2.72 bits per heavy atom. The number of carbonyl (C=O) groups excluding carboxylic acids is 1. The van der Waals surface area contributed by atoms with Crippen molar-refractivity contribution in [3.8, 4) is 5.75 Å². The third kappa shape index (κ3) is 3.92. The molecule has 0 fully saturated rings. The summed E-state index contributed by atoms with van der Waals surface area (Å²) in [5, 5.41) is 2.65. The summed E-state index contributed by atoms with van der Waals surface area (Å²) in [5.41, 5.74) is 1.33. The van der Waals surface area contributed by atoms with E-state index < -0.39 is 0 Å². The summed E-state index contributed by atoms with van der Waals surface area (Å²) in [4.78, 5) is 28.7. The standard InChI is InChI=1S/C19H17N3O3/c1-25-16-5-2-4-14(12-16)13-22-11-3-6-17(19(22)24)21-18(23)15-7-9-20-10-8-15/h2-12H,13H2,1H3,(H,21,23). The van der Waals surface area contributed by atoms with Gasteiger partial charge in [-0.05, 0) is 42.0 Å². The van der Waals surface area contributed by atoms with Crippen LogP contribution in [0.1, 0.15) is 15.9 Å². The third-order valence-electron chi connectivity index (χ3n) is 3.70. The summed E-state index contributed by atoms with van der Waals surface area (Å²) >= 11 is 0. The lowest BCUT2D eigenvalue weighted by atomic mass is 10.2. The van der Waals surface area contributed by atoms with Crippen molar-refractivity contribution in [1.82, 2.24) is 9.55 Å². The number of hydrogen-bond donors (Lipinski definition) is 1. The molecular weight excluding hydrogens is 318 g/mol. The fourth-order valence-electron chi connectivity index (χ4n) is 2.42. The maximum absolute atomic E-state index is 12.6. The highest BCUT2D eigenvalue weighted by molar-refractivity contribution is 6.04. The molecule has 6 heteroatoms. The molecule has 1 N–H and O–H groups in total. The molecule has 25 heavy (non-hydrogen) atoms. The van der Waals surface area contributed by atoms with E-state index in [2.05, 4.69) is 10.3 Å². The number of nitrogens with one attached hydrogen (secondary N) is 1. The fraction of sp³-hybridized carbons (Fsp3) is 0.105. The molecule has 0 spiro atoms. The van der Waals surface area contributed by atoms with Crippen molar-refractivity contribution in [1.29, 1.82) is 0 Å². The Hall–Kier alpha value is -3.41. The highest BCUT2D eigenvalue weighted by Gasteiger charge is 2.10. The van der Waals surface area contributed by atoms with Gasteiger partial charge in [0.1, 0.15) is 11.4 Å². The summed E-state index contributed by atoms with van der Waals surface area (Å²) in [5.74, 6) is 0.381. The van der Waals surface area contributed by atoms with Gasteiger partial charge in [0.05, 0.1) is 13.7 Å². The van der Waals surface area contributed by atoms with Crippen LogP contribution < -0.4 is 15.6 Å². The molecule has 0 saturated carbocycles. The van der Waals surface area contributed by atoms with E-state index in [1.165, 1.54) is 17.0 Å². The van der Waals surface area contributed by atoms with Crippen LogP contribution >= 0.6 is 0 Å². The van der Waals surface area contributed by atoms with Crippen molar-refractivity contribution < 1.29 is 9.53 Å². The monoisotopic (exact) mass is 335 g/mol. The minimum absolute atomic E-state index is 0.229. The molecule has 0 aliphatic carbocycles. The molecule has 1 aromatic carbocycles. The van der Waals surface area contributed by atoms with Gasteiger partial charge in [-0.3, -0.25) is 14.6 Å². The molecular formula is C19H17N3O3. The van der Waals surface area contributed by atoms with E-state index in [4.69, 9.17) is 4.74 Å². The van der Waals surface area contributed by atoms with Crippen molar-refractivity contribution in [3.05, 3.63) is 88.6 Å². The van der Waals surface area contributed by atoms with Crippen LogP contribution in [-0.4, -0.2) is 22.6 Å². The van der Waals surface area contributed by atoms with Crippen molar-refractivity contribution in [3.63, 3.8) is 0 Å². The van der Waals surface area contributed by atoms with Crippen molar-refractivity contribution in [2.75, 3.05) is 12.4 Å². The summed E-state index contributed by atoms with van der Waals surface area (Å²) in [6, 6.07) is 14.0. The first-order chi connectivity index (χ1) is 12.2. The van der Waals surface area contributed by atoms with Crippen molar-refractivity contribution >= 4 is 11.6 Å². The Kier molecular flexibility index (Phi) is 4.89. The molecule has 1 amide bonds. The molecule has 6 nitrogen and oxygen atoms in total. The molecule has 3 aromatic rings. The normalized spacial score (nSPS) is 10.3. The van der Waals surface area contributed by atoms with Crippen LogP contribution in [-0.2, 0) is 6.54 Å². The molecule has 2 aromatic heterocycles. The van der Waals surface area contributed by atoms with Gasteiger partial charge in [0.25, 0.3) is 11.5 Å². The van der Waals surface area contributed by atoms with Gasteiger partial charge in [-0.15, -0.1) is 0 Å². The van der Waals surface area contributed by atoms with Crippen LogP contribution in [0.15, 0.2) is 71.9 Å². The van der Waals surface area contributed by atoms with Gasteiger partial charge in [0.15, 0.2) is 0 Å². The Morgan fingerprint density at radius 2 is 1.96 bits per heavy atom. The molecule has 3 rings (SSSR count). The largest absolute Gasteiger partial charge is 0.497 e. The summed E-state index contributed by atoms with van der Waals surface area (Å²) in [6.45, 7) is 0.384. The zero-order valence-electron chi connectivity index (χ0n) is 13.7. The lowest BCUT2D eigenvalue weighted by Gasteiger charge is -2.10. The average molecular weight is 335 g/mol. The molecule has 0 aliphatic rings.